The molecule has 0 heterocycles. The average molecular weight is 415 g/mol. The topological polar surface area (TPSA) is 26.3 Å². The number of fused-ring (bicyclic) bond motifs is 6. The van der Waals surface area contributed by atoms with Crippen LogP contribution in [0.2, 0.25) is 0 Å². The van der Waals surface area contributed by atoms with Gasteiger partial charge < -0.3 is 4.74 Å². The van der Waals surface area contributed by atoms with Crippen molar-refractivity contribution in [1.82, 2.24) is 0 Å². The second kappa shape index (κ2) is 7.65. The van der Waals surface area contributed by atoms with Crippen LogP contribution in [0.15, 0.2) is 97.1 Å². The van der Waals surface area contributed by atoms with Crippen molar-refractivity contribution in [1.29, 1.82) is 0 Å². The van der Waals surface area contributed by atoms with E-state index in [-0.39, 0.29) is 12.4 Å². The molecule has 0 spiro atoms. The fraction of sp³-hybridized carbons (Fsp3) is 0.100. The Hall–Kier alpha value is -3.91. The van der Waals surface area contributed by atoms with Gasteiger partial charge in [0.1, 0.15) is 5.76 Å². The number of ether oxygens (including phenoxy) is 1. The highest BCUT2D eigenvalue weighted by Gasteiger charge is 2.20. The molecule has 6 rings (SSSR count). The number of hydrogen-bond acceptors (Lipinski definition) is 2. The third-order valence-electron chi connectivity index (χ3n) is 6.47. The molecule has 2 nitrogen and oxygen atoms in total. The molecule has 0 N–H and O–H groups in total. The lowest BCUT2D eigenvalue weighted by atomic mass is 9.89. The van der Waals surface area contributed by atoms with E-state index >= 15 is 0 Å². The lowest BCUT2D eigenvalue weighted by Crippen LogP contribution is -2.11. The predicted molar refractivity (Wildman–Crippen MR) is 131 cm³/mol. The zero-order valence-electron chi connectivity index (χ0n) is 17.7. The summed E-state index contributed by atoms with van der Waals surface area (Å²) in [4.78, 5) is 12.9. The van der Waals surface area contributed by atoms with E-state index in [0.717, 1.165) is 34.7 Å². The van der Waals surface area contributed by atoms with Crippen LogP contribution in [0.3, 0.4) is 0 Å². The van der Waals surface area contributed by atoms with Crippen molar-refractivity contribution in [3.05, 3.63) is 114 Å². The van der Waals surface area contributed by atoms with Crippen LogP contribution in [0.4, 0.5) is 0 Å². The van der Waals surface area contributed by atoms with Crippen molar-refractivity contribution in [2.75, 3.05) is 0 Å². The molecule has 32 heavy (non-hydrogen) atoms. The Bertz CT molecular complexity index is 1540. The van der Waals surface area contributed by atoms with Crippen molar-refractivity contribution in [3.8, 4) is 0 Å². The number of carbonyl (C=O) groups excluding carboxylic acids is 1. The fourth-order valence-corrected chi connectivity index (χ4v) is 4.97. The molecule has 0 saturated carbocycles. The largest absolute Gasteiger partial charge is 0.426 e. The molecule has 5 aromatic carbocycles. The molecular formula is C30H22O2. The Morgan fingerprint density at radius 3 is 2.28 bits per heavy atom. The van der Waals surface area contributed by atoms with Gasteiger partial charge in [-0.3, -0.25) is 4.79 Å². The van der Waals surface area contributed by atoms with Crippen molar-refractivity contribution in [2.24, 2.45) is 0 Å². The zero-order valence-corrected chi connectivity index (χ0v) is 17.7. The summed E-state index contributed by atoms with van der Waals surface area (Å²) in [5, 5.41) is 7.24. The third kappa shape index (κ3) is 3.16. The number of hydrogen-bond donors (Lipinski definition) is 0. The first-order valence-corrected chi connectivity index (χ1v) is 11.1. The average Bonchev–Trinajstić information content (AvgIpc) is 2.84. The van der Waals surface area contributed by atoms with Crippen molar-refractivity contribution < 1.29 is 9.53 Å². The number of allylic oxidation sites excluding steroid dienone is 1. The summed E-state index contributed by atoms with van der Waals surface area (Å²) < 4.78 is 5.93. The second-order valence-corrected chi connectivity index (χ2v) is 8.37. The maximum atomic E-state index is 12.9. The van der Waals surface area contributed by atoms with E-state index in [1.807, 2.05) is 24.3 Å². The minimum Gasteiger partial charge on any atom is -0.426 e. The van der Waals surface area contributed by atoms with Gasteiger partial charge in [0.15, 0.2) is 0 Å². The van der Waals surface area contributed by atoms with Gasteiger partial charge in [0.25, 0.3) is 0 Å². The molecule has 0 aliphatic heterocycles. The van der Waals surface area contributed by atoms with E-state index < -0.39 is 0 Å². The SMILES string of the molecule is O=C(Cc1cccc2ccccc12)OC1=CCCc2c1ccc1c2ccc2ccccc21. The summed E-state index contributed by atoms with van der Waals surface area (Å²) in [7, 11) is 0. The van der Waals surface area contributed by atoms with E-state index in [9.17, 15) is 4.79 Å². The van der Waals surface area contributed by atoms with Gasteiger partial charge in [-0.2, -0.15) is 0 Å². The summed E-state index contributed by atoms with van der Waals surface area (Å²) in [6.45, 7) is 0. The highest BCUT2D eigenvalue weighted by Crippen LogP contribution is 2.36. The lowest BCUT2D eigenvalue weighted by Gasteiger charge is -2.20. The van der Waals surface area contributed by atoms with Crippen molar-refractivity contribution in [2.45, 2.75) is 19.3 Å². The van der Waals surface area contributed by atoms with Crippen LogP contribution in [-0.2, 0) is 22.4 Å². The van der Waals surface area contributed by atoms with E-state index in [0.29, 0.717) is 5.76 Å². The van der Waals surface area contributed by atoms with E-state index in [1.165, 1.54) is 27.1 Å². The maximum Gasteiger partial charge on any atom is 0.315 e. The highest BCUT2D eigenvalue weighted by atomic mass is 16.5. The summed E-state index contributed by atoms with van der Waals surface area (Å²) in [5.41, 5.74) is 3.30. The standard InChI is InChI=1S/C30H22O2/c31-30(19-22-10-5-9-20-7-1-3-11-23(20)22)32-29-14-6-13-25-27-16-15-21-8-2-4-12-24(21)26(27)17-18-28(25)29/h1-5,7-12,14-18H,6,13,19H2. The van der Waals surface area contributed by atoms with Gasteiger partial charge in [-0.25, -0.2) is 0 Å². The Balaban J connectivity index is 1.33. The normalized spacial score (nSPS) is 13.2. The zero-order chi connectivity index (χ0) is 21.5. The minimum absolute atomic E-state index is 0.223. The van der Waals surface area contributed by atoms with Gasteiger partial charge in [-0.05, 0) is 62.4 Å². The van der Waals surface area contributed by atoms with Gasteiger partial charge in [-0.15, -0.1) is 0 Å². The number of carbonyl (C=O) groups is 1. The summed E-state index contributed by atoms with van der Waals surface area (Å²) >= 11 is 0. The number of esters is 1. The maximum absolute atomic E-state index is 12.9. The van der Waals surface area contributed by atoms with Gasteiger partial charge in [-0.1, -0.05) is 91.0 Å². The monoisotopic (exact) mass is 414 g/mol. The first-order valence-electron chi connectivity index (χ1n) is 11.1. The molecule has 0 fully saturated rings. The van der Waals surface area contributed by atoms with Gasteiger partial charge in [0, 0.05) is 5.56 Å². The molecule has 5 aromatic rings. The molecule has 0 radical (unpaired) electrons. The lowest BCUT2D eigenvalue weighted by molar-refractivity contribution is -0.135. The van der Waals surface area contributed by atoms with Crippen molar-refractivity contribution >= 4 is 44.0 Å². The third-order valence-corrected chi connectivity index (χ3v) is 6.47. The van der Waals surface area contributed by atoms with E-state index in [4.69, 9.17) is 4.74 Å². The quantitative estimate of drug-likeness (QED) is 0.230. The van der Waals surface area contributed by atoms with Gasteiger partial charge >= 0.3 is 5.97 Å². The summed E-state index contributed by atoms with van der Waals surface area (Å²) in [6, 6.07) is 31.4. The molecule has 2 heteroatoms. The number of rotatable bonds is 3. The number of benzene rings is 5. The Kier molecular flexibility index (Phi) is 4.50. The number of aryl methyl sites for hydroxylation is 1. The Morgan fingerprint density at radius 1 is 0.688 bits per heavy atom. The molecule has 0 atom stereocenters. The van der Waals surface area contributed by atoms with Crippen LogP contribution in [0, 0.1) is 0 Å². The second-order valence-electron chi connectivity index (χ2n) is 8.37. The molecule has 0 aromatic heterocycles. The molecule has 1 aliphatic rings. The Morgan fingerprint density at radius 2 is 1.41 bits per heavy atom. The summed E-state index contributed by atoms with van der Waals surface area (Å²) in [6.07, 6.45) is 4.13. The van der Waals surface area contributed by atoms with Crippen molar-refractivity contribution in [3.63, 3.8) is 0 Å². The van der Waals surface area contributed by atoms with Gasteiger partial charge in [0.2, 0.25) is 0 Å². The molecule has 0 bridgehead atoms. The first kappa shape index (κ1) is 18.8. The van der Waals surface area contributed by atoms with Crippen LogP contribution in [0.25, 0.3) is 38.1 Å². The van der Waals surface area contributed by atoms with E-state index in [2.05, 4.69) is 72.8 Å². The van der Waals surface area contributed by atoms with Crippen LogP contribution < -0.4 is 0 Å². The highest BCUT2D eigenvalue weighted by molar-refractivity contribution is 6.09. The molecule has 154 valence electrons. The predicted octanol–water partition coefficient (Wildman–Crippen LogP) is 7.22. The van der Waals surface area contributed by atoms with Crippen LogP contribution in [-0.4, -0.2) is 5.97 Å². The molecule has 0 unspecified atom stereocenters. The molecule has 0 saturated heterocycles. The minimum atomic E-state index is -0.223. The molecular weight excluding hydrogens is 392 g/mol. The van der Waals surface area contributed by atoms with Crippen LogP contribution >= 0.6 is 0 Å². The Labute approximate surface area is 186 Å². The molecule has 1 aliphatic carbocycles. The van der Waals surface area contributed by atoms with Crippen LogP contribution in [0.1, 0.15) is 23.1 Å². The summed E-state index contributed by atoms with van der Waals surface area (Å²) in [5.74, 6) is 0.464. The van der Waals surface area contributed by atoms with Crippen LogP contribution in [0.5, 0.6) is 0 Å². The fourth-order valence-electron chi connectivity index (χ4n) is 4.97. The van der Waals surface area contributed by atoms with E-state index in [1.54, 1.807) is 0 Å². The first-order chi connectivity index (χ1) is 15.8. The smallest absolute Gasteiger partial charge is 0.315 e. The van der Waals surface area contributed by atoms with Gasteiger partial charge in [0.05, 0.1) is 6.42 Å². The molecule has 0 amide bonds.